The Morgan fingerprint density at radius 1 is 1.35 bits per heavy atom. The Morgan fingerprint density at radius 3 is 2.90 bits per heavy atom. The molecular formula is C15H18N4O. The molecule has 104 valence electrons. The van der Waals surface area contributed by atoms with E-state index in [9.17, 15) is 4.79 Å². The van der Waals surface area contributed by atoms with Crippen LogP contribution in [0.25, 0.3) is 0 Å². The van der Waals surface area contributed by atoms with Crippen molar-refractivity contribution in [3.8, 4) is 0 Å². The van der Waals surface area contributed by atoms with Gasteiger partial charge in [-0.25, -0.2) is 0 Å². The van der Waals surface area contributed by atoms with Crippen LogP contribution in [0.1, 0.15) is 21.6 Å². The van der Waals surface area contributed by atoms with Crippen LogP contribution < -0.4 is 10.2 Å². The Kier molecular flexibility index (Phi) is 3.28. The summed E-state index contributed by atoms with van der Waals surface area (Å²) in [6.45, 7) is 4.18. The third-order valence-corrected chi connectivity index (χ3v) is 3.82. The molecule has 2 aromatic rings. The normalized spacial score (nSPS) is 14.8. The summed E-state index contributed by atoms with van der Waals surface area (Å²) in [5.74, 6) is 0.0201. The molecule has 0 saturated carbocycles. The molecule has 1 N–H and O–H groups in total. The lowest BCUT2D eigenvalue weighted by molar-refractivity contribution is 0.0987. The standard InChI is InChI=1S/C15H18N4O/c1-11-13(10-17-18(11)2)15(20)19-8-7-16-9-12-5-3-4-6-14(12)19/h3-6,10,16H,7-9H2,1-2H3. The number of hydrogen-bond acceptors (Lipinski definition) is 3. The summed E-state index contributed by atoms with van der Waals surface area (Å²) in [4.78, 5) is 14.6. The Hall–Kier alpha value is -2.14. The molecule has 2 heterocycles. The summed E-state index contributed by atoms with van der Waals surface area (Å²) in [5.41, 5.74) is 3.71. The summed E-state index contributed by atoms with van der Waals surface area (Å²) < 4.78 is 1.73. The molecule has 0 radical (unpaired) electrons. The lowest BCUT2D eigenvalue weighted by Crippen LogP contribution is -2.35. The first kappa shape index (κ1) is 12.9. The van der Waals surface area contributed by atoms with Crippen LogP contribution in [0.4, 0.5) is 5.69 Å². The highest BCUT2D eigenvalue weighted by Gasteiger charge is 2.24. The molecule has 0 aliphatic carbocycles. The monoisotopic (exact) mass is 270 g/mol. The van der Waals surface area contributed by atoms with Gasteiger partial charge in [-0.2, -0.15) is 5.10 Å². The highest BCUT2D eigenvalue weighted by molar-refractivity contribution is 6.07. The van der Waals surface area contributed by atoms with E-state index in [1.807, 2.05) is 37.1 Å². The van der Waals surface area contributed by atoms with E-state index in [0.717, 1.165) is 30.0 Å². The van der Waals surface area contributed by atoms with E-state index in [1.165, 1.54) is 0 Å². The first-order valence-corrected chi connectivity index (χ1v) is 6.77. The molecule has 3 rings (SSSR count). The first-order chi connectivity index (χ1) is 9.68. The maximum Gasteiger partial charge on any atom is 0.261 e. The van der Waals surface area contributed by atoms with Crippen molar-refractivity contribution >= 4 is 11.6 Å². The average molecular weight is 270 g/mol. The third kappa shape index (κ3) is 2.10. The highest BCUT2D eigenvalue weighted by Crippen LogP contribution is 2.24. The van der Waals surface area contributed by atoms with E-state index >= 15 is 0 Å². The zero-order valence-electron chi connectivity index (χ0n) is 11.8. The minimum Gasteiger partial charge on any atom is -0.311 e. The summed E-state index contributed by atoms with van der Waals surface area (Å²) in [6, 6.07) is 8.04. The van der Waals surface area contributed by atoms with Gasteiger partial charge in [0.2, 0.25) is 0 Å². The van der Waals surface area contributed by atoms with Crippen LogP contribution in [0.5, 0.6) is 0 Å². The predicted octanol–water partition coefficient (Wildman–Crippen LogP) is 1.48. The summed E-state index contributed by atoms with van der Waals surface area (Å²) >= 11 is 0. The molecule has 1 aliphatic rings. The smallest absolute Gasteiger partial charge is 0.261 e. The van der Waals surface area contributed by atoms with Crippen molar-refractivity contribution in [3.05, 3.63) is 47.3 Å². The zero-order chi connectivity index (χ0) is 14.1. The van der Waals surface area contributed by atoms with Gasteiger partial charge in [-0.3, -0.25) is 9.48 Å². The number of aromatic nitrogens is 2. The second-order valence-electron chi connectivity index (χ2n) is 5.03. The van der Waals surface area contributed by atoms with Crippen LogP contribution >= 0.6 is 0 Å². The van der Waals surface area contributed by atoms with Crippen molar-refractivity contribution in [2.24, 2.45) is 7.05 Å². The van der Waals surface area contributed by atoms with Gasteiger partial charge < -0.3 is 10.2 Å². The number of hydrogen-bond donors (Lipinski definition) is 1. The van der Waals surface area contributed by atoms with Gasteiger partial charge in [0.05, 0.1) is 11.8 Å². The van der Waals surface area contributed by atoms with E-state index in [-0.39, 0.29) is 5.91 Å². The van der Waals surface area contributed by atoms with Crippen LogP contribution in [-0.2, 0) is 13.6 Å². The molecule has 20 heavy (non-hydrogen) atoms. The highest BCUT2D eigenvalue weighted by atomic mass is 16.2. The molecule has 1 aromatic heterocycles. The largest absolute Gasteiger partial charge is 0.311 e. The maximum absolute atomic E-state index is 12.8. The van der Waals surface area contributed by atoms with Crippen molar-refractivity contribution in [2.45, 2.75) is 13.5 Å². The fraction of sp³-hybridized carbons (Fsp3) is 0.333. The number of nitrogens with one attached hydrogen (secondary N) is 1. The minimum atomic E-state index is 0.0201. The Bertz CT molecular complexity index is 647. The lowest BCUT2D eigenvalue weighted by Gasteiger charge is -2.22. The number of rotatable bonds is 1. The van der Waals surface area contributed by atoms with Gasteiger partial charge in [-0.15, -0.1) is 0 Å². The number of anilines is 1. The molecule has 0 unspecified atom stereocenters. The molecule has 5 heteroatoms. The van der Waals surface area contributed by atoms with E-state index < -0.39 is 0 Å². The fourth-order valence-electron chi connectivity index (χ4n) is 2.52. The molecule has 0 bridgehead atoms. The van der Waals surface area contributed by atoms with Gasteiger partial charge >= 0.3 is 0 Å². The molecule has 1 amide bonds. The Balaban J connectivity index is 2.01. The van der Waals surface area contributed by atoms with E-state index in [4.69, 9.17) is 0 Å². The second kappa shape index (κ2) is 5.09. The number of aryl methyl sites for hydroxylation is 1. The van der Waals surface area contributed by atoms with Crippen LogP contribution in [0.15, 0.2) is 30.5 Å². The molecule has 0 saturated heterocycles. The summed E-state index contributed by atoms with van der Waals surface area (Å²) in [6.07, 6.45) is 1.65. The number of carbonyl (C=O) groups excluding carboxylic acids is 1. The van der Waals surface area contributed by atoms with E-state index in [1.54, 1.807) is 10.9 Å². The van der Waals surface area contributed by atoms with Gasteiger partial charge in [0.15, 0.2) is 0 Å². The predicted molar refractivity (Wildman–Crippen MR) is 77.8 cm³/mol. The number of benzene rings is 1. The number of carbonyl (C=O) groups is 1. The molecule has 0 spiro atoms. The SMILES string of the molecule is Cc1c(C(=O)N2CCNCc3ccccc32)cnn1C. The maximum atomic E-state index is 12.8. The van der Waals surface area contributed by atoms with Crippen LogP contribution in [0.2, 0.25) is 0 Å². The topological polar surface area (TPSA) is 50.2 Å². The van der Waals surface area contributed by atoms with Gasteiger partial charge in [-0.1, -0.05) is 18.2 Å². The Labute approximate surface area is 118 Å². The van der Waals surface area contributed by atoms with E-state index in [0.29, 0.717) is 12.1 Å². The molecule has 0 fully saturated rings. The molecular weight excluding hydrogens is 252 g/mol. The van der Waals surface area contributed by atoms with Gasteiger partial charge in [0.1, 0.15) is 0 Å². The van der Waals surface area contributed by atoms with Gasteiger partial charge in [0.25, 0.3) is 5.91 Å². The summed E-state index contributed by atoms with van der Waals surface area (Å²) in [5, 5.41) is 7.51. The molecule has 5 nitrogen and oxygen atoms in total. The van der Waals surface area contributed by atoms with Gasteiger partial charge in [0, 0.05) is 38.1 Å². The fourth-order valence-corrected chi connectivity index (χ4v) is 2.52. The number of para-hydroxylation sites is 1. The first-order valence-electron chi connectivity index (χ1n) is 6.77. The van der Waals surface area contributed by atoms with Crippen molar-refractivity contribution in [3.63, 3.8) is 0 Å². The van der Waals surface area contributed by atoms with Crippen LogP contribution in [0.3, 0.4) is 0 Å². The number of fused-ring (bicyclic) bond motifs is 1. The third-order valence-electron chi connectivity index (χ3n) is 3.82. The van der Waals surface area contributed by atoms with Crippen LogP contribution in [0, 0.1) is 6.92 Å². The molecule has 1 aliphatic heterocycles. The van der Waals surface area contributed by atoms with Crippen molar-refractivity contribution in [1.82, 2.24) is 15.1 Å². The average Bonchev–Trinajstić information content (AvgIpc) is 2.68. The number of nitrogens with zero attached hydrogens (tertiary/aromatic N) is 3. The zero-order valence-corrected chi connectivity index (χ0v) is 11.8. The molecule has 0 atom stereocenters. The molecule has 1 aromatic carbocycles. The van der Waals surface area contributed by atoms with E-state index in [2.05, 4.69) is 16.5 Å². The van der Waals surface area contributed by atoms with Crippen molar-refractivity contribution in [2.75, 3.05) is 18.0 Å². The second-order valence-corrected chi connectivity index (χ2v) is 5.03. The summed E-state index contributed by atoms with van der Waals surface area (Å²) in [7, 11) is 1.85. The Morgan fingerprint density at radius 2 is 2.15 bits per heavy atom. The van der Waals surface area contributed by atoms with Crippen molar-refractivity contribution < 1.29 is 4.79 Å². The number of amides is 1. The quantitative estimate of drug-likeness (QED) is 0.854. The minimum absolute atomic E-state index is 0.0201. The van der Waals surface area contributed by atoms with Crippen molar-refractivity contribution in [1.29, 1.82) is 0 Å². The van der Waals surface area contributed by atoms with Gasteiger partial charge in [-0.05, 0) is 18.6 Å². The lowest BCUT2D eigenvalue weighted by atomic mass is 10.1. The van der Waals surface area contributed by atoms with Crippen LogP contribution in [-0.4, -0.2) is 28.8 Å².